The van der Waals surface area contributed by atoms with Crippen LogP contribution < -0.4 is 5.73 Å². The van der Waals surface area contributed by atoms with Crippen LogP contribution >= 0.6 is 11.6 Å². The normalized spacial score (nSPS) is 12.7. The Balaban J connectivity index is 2.51. The van der Waals surface area contributed by atoms with Crippen molar-refractivity contribution in [2.45, 2.75) is 39.7 Å². The quantitative estimate of drug-likeness (QED) is 0.931. The predicted octanol–water partition coefficient (Wildman–Crippen LogP) is 3.42. The molecular formula is C15H20ClN3. The Hall–Kier alpha value is -1.32. The lowest BCUT2D eigenvalue weighted by molar-refractivity contribution is 0.641. The van der Waals surface area contributed by atoms with E-state index in [1.54, 1.807) is 0 Å². The molecule has 1 aromatic heterocycles. The van der Waals surface area contributed by atoms with Crippen molar-refractivity contribution in [1.29, 1.82) is 0 Å². The Morgan fingerprint density at radius 1 is 1.37 bits per heavy atom. The molecule has 0 aliphatic heterocycles. The van der Waals surface area contributed by atoms with Crippen LogP contribution in [0.4, 0.5) is 0 Å². The minimum absolute atomic E-state index is 0.121. The lowest BCUT2D eigenvalue weighted by Crippen LogP contribution is -2.22. The Kier molecular flexibility index (Phi) is 4.27. The number of aryl methyl sites for hydroxylation is 2. The minimum Gasteiger partial charge on any atom is -0.327 e. The summed E-state index contributed by atoms with van der Waals surface area (Å²) in [6.45, 7) is 6.13. The third-order valence-corrected chi connectivity index (χ3v) is 3.68. The van der Waals surface area contributed by atoms with Gasteiger partial charge < -0.3 is 5.73 Å². The fourth-order valence-corrected chi connectivity index (χ4v) is 2.47. The molecule has 0 spiro atoms. The van der Waals surface area contributed by atoms with E-state index in [1.165, 1.54) is 0 Å². The van der Waals surface area contributed by atoms with Gasteiger partial charge in [-0.2, -0.15) is 5.10 Å². The summed E-state index contributed by atoms with van der Waals surface area (Å²) >= 11 is 6.34. The Bertz CT molecular complexity index is 575. The van der Waals surface area contributed by atoms with Crippen LogP contribution in [-0.4, -0.2) is 15.8 Å². The highest BCUT2D eigenvalue weighted by Gasteiger charge is 2.14. The highest BCUT2D eigenvalue weighted by Crippen LogP contribution is 2.25. The van der Waals surface area contributed by atoms with Crippen molar-refractivity contribution < 1.29 is 0 Å². The van der Waals surface area contributed by atoms with Crippen molar-refractivity contribution in [2.75, 3.05) is 0 Å². The zero-order valence-electron chi connectivity index (χ0n) is 11.7. The van der Waals surface area contributed by atoms with Crippen LogP contribution in [-0.2, 0) is 6.42 Å². The fraction of sp³-hybridized carbons (Fsp3) is 0.400. The highest BCUT2D eigenvalue weighted by molar-refractivity contribution is 6.31. The maximum atomic E-state index is 6.34. The van der Waals surface area contributed by atoms with Gasteiger partial charge in [0.2, 0.25) is 0 Å². The maximum Gasteiger partial charge on any atom is 0.0696 e. The van der Waals surface area contributed by atoms with E-state index < -0.39 is 0 Å². The summed E-state index contributed by atoms with van der Waals surface area (Å²) in [5.41, 5.74) is 10.3. The van der Waals surface area contributed by atoms with Crippen LogP contribution in [0.2, 0.25) is 5.02 Å². The maximum absolute atomic E-state index is 6.34. The summed E-state index contributed by atoms with van der Waals surface area (Å²) in [6, 6.07) is 8.09. The summed E-state index contributed by atoms with van der Waals surface area (Å²) in [6.07, 6.45) is 1.70. The van der Waals surface area contributed by atoms with Crippen molar-refractivity contribution in [3.05, 3.63) is 46.2 Å². The Labute approximate surface area is 119 Å². The lowest BCUT2D eigenvalue weighted by Gasteiger charge is -2.16. The third-order valence-electron chi connectivity index (χ3n) is 3.32. The number of nitrogens with two attached hydrogens (primary N) is 1. The molecule has 0 aliphatic carbocycles. The van der Waals surface area contributed by atoms with E-state index in [0.717, 1.165) is 40.5 Å². The molecule has 2 aromatic rings. The van der Waals surface area contributed by atoms with Crippen molar-refractivity contribution >= 4 is 11.6 Å². The number of rotatable bonds is 4. The van der Waals surface area contributed by atoms with Crippen molar-refractivity contribution in [3.63, 3.8) is 0 Å². The standard InChI is InChI=1S/C15H20ClN3/c1-4-12(17)9-13-14(16)6-5-7-15(13)19-11(3)8-10(2)18-19/h5-8,12H,4,9,17H2,1-3H3. The van der Waals surface area contributed by atoms with Crippen LogP contribution in [0.25, 0.3) is 5.69 Å². The van der Waals surface area contributed by atoms with Crippen molar-refractivity contribution in [1.82, 2.24) is 9.78 Å². The van der Waals surface area contributed by atoms with Gasteiger partial charge >= 0.3 is 0 Å². The molecule has 1 atom stereocenters. The second kappa shape index (κ2) is 5.76. The summed E-state index contributed by atoms with van der Waals surface area (Å²) in [4.78, 5) is 0. The van der Waals surface area contributed by atoms with E-state index in [4.69, 9.17) is 17.3 Å². The molecule has 0 saturated heterocycles. The summed E-state index contributed by atoms with van der Waals surface area (Å²) in [7, 11) is 0. The van der Waals surface area contributed by atoms with Gasteiger partial charge in [-0.05, 0) is 50.5 Å². The van der Waals surface area contributed by atoms with E-state index in [2.05, 4.69) is 18.1 Å². The van der Waals surface area contributed by atoms with Crippen LogP contribution in [0.5, 0.6) is 0 Å². The lowest BCUT2D eigenvalue weighted by atomic mass is 10.0. The molecule has 0 fully saturated rings. The molecule has 0 saturated carbocycles. The molecule has 3 nitrogen and oxygen atoms in total. The van der Waals surface area contributed by atoms with Crippen molar-refractivity contribution in [2.24, 2.45) is 5.73 Å². The average molecular weight is 278 g/mol. The fourth-order valence-electron chi connectivity index (χ4n) is 2.23. The van der Waals surface area contributed by atoms with Gasteiger partial charge in [0.1, 0.15) is 0 Å². The summed E-state index contributed by atoms with van der Waals surface area (Å²) in [5.74, 6) is 0. The zero-order chi connectivity index (χ0) is 14.0. The molecule has 102 valence electrons. The molecule has 0 amide bonds. The molecule has 0 radical (unpaired) electrons. The zero-order valence-corrected chi connectivity index (χ0v) is 12.4. The average Bonchev–Trinajstić information content (AvgIpc) is 2.70. The number of hydrogen-bond donors (Lipinski definition) is 1. The number of aromatic nitrogens is 2. The molecule has 0 aliphatic rings. The van der Waals surface area contributed by atoms with Gasteiger partial charge in [0.15, 0.2) is 0 Å². The molecular weight excluding hydrogens is 258 g/mol. The molecule has 1 aromatic carbocycles. The van der Waals surface area contributed by atoms with Crippen LogP contribution in [0.1, 0.15) is 30.3 Å². The largest absolute Gasteiger partial charge is 0.327 e. The molecule has 2 rings (SSSR count). The predicted molar refractivity (Wildman–Crippen MR) is 80.0 cm³/mol. The van der Waals surface area contributed by atoms with Crippen LogP contribution in [0.3, 0.4) is 0 Å². The first-order valence-corrected chi connectivity index (χ1v) is 6.97. The molecule has 0 bridgehead atoms. The smallest absolute Gasteiger partial charge is 0.0696 e. The molecule has 2 N–H and O–H groups in total. The van der Waals surface area contributed by atoms with Gasteiger partial charge in [-0.25, -0.2) is 4.68 Å². The summed E-state index contributed by atoms with van der Waals surface area (Å²) in [5, 5.41) is 5.29. The number of halogens is 1. The highest BCUT2D eigenvalue weighted by atomic mass is 35.5. The topological polar surface area (TPSA) is 43.8 Å². The van der Waals surface area contributed by atoms with Gasteiger partial charge in [-0.1, -0.05) is 24.6 Å². The number of benzene rings is 1. The first-order valence-electron chi connectivity index (χ1n) is 6.59. The second-order valence-corrected chi connectivity index (χ2v) is 5.36. The van der Waals surface area contributed by atoms with Crippen LogP contribution in [0.15, 0.2) is 24.3 Å². The molecule has 1 heterocycles. The summed E-state index contributed by atoms with van der Waals surface area (Å²) < 4.78 is 1.94. The van der Waals surface area contributed by atoms with Gasteiger partial charge in [0, 0.05) is 16.8 Å². The van der Waals surface area contributed by atoms with Gasteiger partial charge in [-0.3, -0.25) is 0 Å². The number of hydrogen-bond acceptors (Lipinski definition) is 2. The van der Waals surface area contributed by atoms with E-state index in [0.29, 0.717) is 0 Å². The van der Waals surface area contributed by atoms with Crippen molar-refractivity contribution in [3.8, 4) is 5.69 Å². The SMILES string of the molecule is CCC(N)Cc1c(Cl)cccc1-n1nc(C)cc1C. The van der Waals surface area contributed by atoms with Gasteiger partial charge in [-0.15, -0.1) is 0 Å². The Morgan fingerprint density at radius 2 is 2.11 bits per heavy atom. The second-order valence-electron chi connectivity index (χ2n) is 4.95. The first kappa shape index (κ1) is 14.1. The van der Waals surface area contributed by atoms with E-state index in [1.807, 2.05) is 36.7 Å². The molecule has 19 heavy (non-hydrogen) atoms. The Morgan fingerprint density at radius 3 is 2.68 bits per heavy atom. The monoisotopic (exact) mass is 277 g/mol. The van der Waals surface area contributed by atoms with E-state index in [-0.39, 0.29) is 6.04 Å². The van der Waals surface area contributed by atoms with E-state index in [9.17, 15) is 0 Å². The van der Waals surface area contributed by atoms with Crippen LogP contribution in [0, 0.1) is 13.8 Å². The van der Waals surface area contributed by atoms with E-state index >= 15 is 0 Å². The molecule has 1 unspecified atom stereocenters. The number of nitrogens with zero attached hydrogens (tertiary/aromatic N) is 2. The minimum atomic E-state index is 0.121. The van der Waals surface area contributed by atoms with Gasteiger partial charge in [0.05, 0.1) is 11.4 Å². The molecule has 4 heteroatoms. The van der Waals surface area contributed by atoms with Gasteiger partial charge in [0.25, 0.3) is 0 Å². The first-order chi connectivity index (χ1) is 9.02. The third kappa shape index (κ3) is 2.99.